The van der Waals surface area contributed by atoms with Crippen LogP contribution in [0.25, 0.3) is 0 Å². The molecule has 2 unspecified atom stereocenters. The number of thioether (sulfide) groups is 1. The first kappa shape index (κ1) is 13.9. The zero-order chi connectivity index (χ0) is 13.0. The van der Waals surface area contributed by atoms with Crippen molar-refractivity contribution in [1.82, 2.24) is 10.2 Å². The fraction of sp³-hybridized carbons (Fsp3) is 0.600. The highest BCUT2D eigenvalue weighted by Crippen LogP contribution is 2.27. The molecule has 3 heteroatoms. The molecule has 1 aliphatic rings. The van der Waals surface area contributed by atoms with E-state index in [1.54, 1.807) is 0 Å². The topological polar surface area (TPSA) is 15.3 Å². The minimum Gasteiger partial charge on any atom is -0.309 e. The molecule has 1 aliphatic heterocycles. The summed E-state index contributed by atoms with van der Waals surface area (Å²) in [5, 5.41) is 3.66. The summed E-state index contributed by atoms with van der Waals surface area (Å²) >= 11 is 2.08. The predicted octanol–water partition coefficient (Wildman–Crippen LogP) is 2.69. The van der Waals surface area contributed by atoms with E-state index in [-0.39, 0.29) is 0 Å². The number of nitrogens with zero attached hydrogens (tertiary/aromatic N) is 1. The molecule has 0 spiro atoms. The van der Waals surface area contributed by atoms with Gasteiger partial charge in [-0.2, -0.15) is 11.8 Å². The zero-order valence-electron chi connectivity index (χ0n) is 11.6. The molecule has 1 saturated heterocycles. The molecule has 2 rings (SSSR count). The molecule has 18 heavy (non-hydrogen) atoms. The quantitative estimate of drug-likeness (QED) is 0.900. The summed E-state index contributed by atoms with van der Waals surface area (Å²) in [6.45, 7) is 6.56. The van der Waals surface area contributed by atoms with Gasteiger partial charge in [0.25, 0.3) is 0 Å². The number of likely N-dealkylation sites (N-methyl/N-ethyl adjacent to an activating group) is 2. The van der Waals surface area contributed by atoms with Gasteiger partial charge in [-0.3, -0.25) is 4.90 Å². The number of aryl methyl sites for hydroxylation is 1. The Morgan fingerprint density at radius 3 is 2.72 bits per heavy atom. The van der Waals surface area contributed by atoms with E-state index in [9.17, 15) is 0 Å². The van der Waals surface area contributed by atoms with Crippen LogP contribution < -0.4 is 5.32 Å². The number of hydrogen-bond acceptors (Lipinski definition) is 3. The van der Waals surface area contributed by atoms with Gasteiger partial charge in [-0.25, -0.2) is 0 Å². The molecule has 0 bridgehead atoms. The lowest BCUT2D eigenvalue weighted by atomic mass is 9.98. The van der Waals surface area contributed by atoms with Crippen molar-refractivity contribution in [1.29, 1.82) is 0 Å². The summed E-state index contributed by atoms with van der Waals surface area (Å²) in [6.07, 6.45) is 0. The van der Waals surface area contributed by atoms with Crippen LogP contribution in [-0.2, 0) is 0 Å². The zero-order valence-corrected chi connectivity index (χ0v) is 12.5. The second kappa shape index (κ2) is 6.60. The minimum atomic E-state index is 0.452. The van der Waals surface area contributed by atoms with Crippen LogP contribution in [0.1, 0.15) is 24.1 Å². The van der Waals surface area contributed by atoms with Crippen LogP contribution in [0, 0.1) is 6.92 Å². The van der Waals surface area contributed by atoms with Crippen molar-refractivity contribution in [3.8, 4) is 0 Å². The van der Waals surface area contributed by atoms with Crippen LogP contribution in [0.2, 0.25) is 0 Å². The third-order valence-corrected chi connectivity index (χ3v) is 4.74. The second-order valence-corrected chi connectivity index (χ2v) is 6.22. The van der Waals surface area contributed by atoms with Gasteiger partial charge in [-0.1, -0.05) is 36.8 Å². The molecule has 2 atom stereocenters. The van der Waals surface area contributed by atoms with Crippen molar-refractivity contribution in [3.05, 3.63) is 35.4 Å². The lowest BCUT2D eigenvalue weighted by Crippen LogP contribution is -2.47. The Kier molecular flexibility index (Phi) is 5.10. The maximum Gasteiger partial charge on any atom is 0.0486 e. The van der Waals surface area contributed by atoms with Crippen LogP contribution in [-0.4, -0.2) is 42.6 Å². The molecule has 2 nitrogen and oxygen atoms in total. The molecular formula is C15H24N2S. The van der Waals surface area contributed by atoms with Crippen LogP contribution in [0.5, 0.6) is 0 Å². The molecule has 1 N–H and O–H groups in total. The highest BCUT2D eigenvalue weighted by Gasteiger charge is 2.28. The van der Waals surface area contributed by atoms with Gasteiger partial charge in [-0.05, 0) is 26.1 Å². The first-order chi connectivity index (χ1) is 8.72. The minimum absolute atomic E-state index is 0.452. The van der Waals surface area contributed by atoms with E-state index in [1.165, 1.54) is 29.2 Å². The van der Waals surface area contributed by atoms with Crippen LogP contribution in [0.15, 0.2) is 24.3 Å². The van der Waals surface area contributed by atoms with E-state index in [1.807, 2.05) is 0 Å². The molecule has 0 saturated carbocycles. The van der Waals surface area contributed by atoms with Crippen LogP contribution >= 0.6 is 11.8 Å². The molecule has 100 valence electrons. The SMILES string of the molecule is CCNC(c1ccc(C)cc1)C1CSCCN1C. The van der Waals surface area contributed by atoms with Gasteiger partial charge < -0.3 is 5.32 Å². The molecule has 1 aromatic carbocycles. The lowest BCUT2D eigenvalue weighted by molar-refractivity contribution is 0.217. The largest absolute Gasteiger partial charge is 0.309 e. The summed E-state index contributed by atoms with van der Waals surface area (Å²) in [5.74, 6) is 2.49. The van der Waals surface area contributed by atoms with E-state index < -0.39 is 0 Å². The molecule has 0 aliphatic carbocycles. The Morgan fingerprint density at radius 2 is 2.11 bits per heavy atom. The van der Waals surface area contributed by atoms with Gasteiger partial charge in [0, 0.05) is 30.1 Å². The van der Waals surface area contributed by atoms with Crippen molar-refractivity contribution in [3.63, 3.8) is 0 Å². The average molecular weight is 264 g/mol. The Labute approximate surface area is 115 Å². The Balaban J connectivity index is 2.18. The maximum absolute atomic E-state index is 3.66. The number of benzene rings is 1. The van der Waals surface area contributed by atoms with E-state index in [0.29, 0.717) is 12.1 Å². The van der Waals surface area contributed by atoms with E-state index in [0.717, 1.165) is 6.54 Å². The molecule has 1 heterocycles. The molecule has 1 aromatic rings. The number of nitrogens with one attached hydrogen (secondary N) is 1. The van der Waals surface area contributed by atoms with Gasteiger partial charge in [0.2, 0.25) is 0 Å². The monoisotopic (exact) mass is 264 g/mol. The first-order valence-electron chi connectivity index (χ1n) is 6.80. The Bertz CT molecular complexity index is 363. The highest BCUT2D eigenvalue weighted by molar-refractivity contribution is 7.99. The van der Waals surface area contributed by atoms with Crippen molar-refractivity contribution in [2.24, 2.45) is 0 Å². The van der Waals surface area contributed by atoms with E-state index in [2.05, 4.69) is 67.1 Å². The fourth-order valence-electron chi connectivity index (χ4n) is 2.53. The first-order valence-corrected chi connectivity index (χ1v) is 7.95. The maximum atomic E-state index is 3.66. The summed E-state index contributed by atoms with van der Waals surface area (Å²) in [4.78, 5) is 2.50. The van der Waals surface area contributed by atoms with Gasteiger partial charge in [-0.15, -0.1) is 0 Å². The average Bonchev–Trinajstić information content (AvgIpc) is 2.38. The van der Waals surface area contributed by atoms with Crippen molar-refractivity contribution in [2.75, 3.05) is 31.6 Å². The van der Waals surface area contributed by atoms with Gasteiger partial charge in [0.1, 0.15) is 0 Å². The van der Waals surface area contributed by atoms with Crippen molar-refractivity contribution >= 4 is 11.8 Å². The van der Waals surface area contributed by atoms with Crippen LogP contribution in [0.4, 0.5) is 0 Å². The summed E-state index contributed by atoms with van der Waals surface area (Å²) in [6, 6.07) is 10.0. The lowest BCUT2D eigenvalue weighted by Gasteiger charge is -2.38. The third kappa shape index (κ3) is 3.28. The summed E-state index contributed by atoms with van der Waals surface area (Å²) in [5.41, 5.74) is 2.75. The van der Waals surface area contributed by atoms with Gasteiger partial charge >= 0.3 is 0 Å². The van der Waals surface area contributed by atoms with Crippen molar-refractivity contribution < 1.29 is 0 Å². The van der Waals surface area contributed by atoms with E-state index >= 15 is 0 Å². The number of hydrogen-bond donors (Lipinski definition) is 1. The standard InChI is InChI=1S/C15H24N2S/c1-4-16-15(13-7-5-12(2)6-8-13)14-11-18-10-9-17(14)3/h5-8,14-16H,4,9-11H2,1-3H3. The normalized spacial score (nSPS) is 22.9. The molecule has 0 amide bonds. The van der Waals surface area contributed by atoms with Gasteiger partial charge in [0.15, 0.2) is 0 Å². The predicted molar refractivity (Wildman–Crippen MR) is 81.3 cm³/mol. The van der Waals surface area contributed by atoms with Crippen LogP contribution in [0.3, 0.4) is 0 Å². The highest BCUT2D eigenvalue weighted by atomic mass is 32.2. The fourth-order valence-corrected chi connectivity index (χ4v) is 3.80. The Morgan fingerprint density at radius 1 is 1.39 bits per heavy atom. The Hall–Kier alpha value is -0.510. The molecule has 0 aromatic heterocycles. The van der Waals surface area contributed by atoms with Crippen molar-refractivity contribution in [2.45, 2.75) is 25.9 Å². The second-order valence-electron chi connectivity index (χ2n) is 5.07. The summed E-state index contributed by atoms with van der Waals surface area (Å²) < 4.78 is 0. The van der Waals surface area contributed by atoms with Gasteiger partial charge in [0.05, 0.1) is 0 Å². The molecule has 0 radical (unpaired) electrons. The third-order valence-electron chi connectivity index (χ3n) is 3.69. The molecule has 1 fully saturated rings. The number of rotatable bonds is 4. The summed E-state index contributed by atoms with van der Waals surface area (Å²) in [7, 11) is 2.25. The smallest absolute Gasteiger partial charge is 0.0486 e. The molecular weight excluding hydrogens is 240 g/mol. The van der Waals surface area contributed by atoms with E-state index in [4.69, 9.17) is 0 Å².